The van der Waals surface area contributed by atoms with Gasteiger partial charge in [0.2, 0.25) is 5.88 Å². The lowest BCUT2D eigenvalue weighted by atomic mass is 10.1. The SMILES string of the molecule is Cc1c(C=Nc2ccc(-c3ccccc3)cc2)c(O)n(C)c(=O)c1C#N. The molecule has 0 spiro atoms. The number of aromatic nitrogens is 1. The summed E-state index contributed by atoms with van der Waals surface area (Å²) in [6, 6.07) is 19.6. The average Bonchev–Trinajstić information content (AvgIpc) is 2.68. The summed E-state index contributed by atoms with van der Waals surface area (Å²) in [5.74, 6) is -0.212. The number of rotatable bonds is 3. The van der Waals surface area contributed by atoms with Gasteiger partial charge in [0, 0.05) is 13.3 Å². The van der Waals surface area contributed by atoms with Gasteiger partial charge < -0.3 is 5.11 Å². The van der Waals surface area contributed by atoms with Crippen molar-refractivity contribution in [3.63, 3.8) is 0 Å². The van der Waals surface area contributed by atoms with Crippen molar-refractivity contribution in [2.45, 2.75) is 6.92 Å². The lowest BCUT2D eigenvalue weighted by molar-refractivity contribution is 0.421. The van der Waals surface area contributed by atoms with Gasteiger partial charge in [-0.15, -0.1) is 0 Å². The maximum Gasteiger partial charge on any atom is 0.271 e. The summed E-state index contributed by atoms with van der Waals surface area (Å²) in [4.78, 5) is 16.3. The van der Waals surface area contributed by atoms with Crippen LogP contribution >= 0.6 is 0 Å². The second-order valence-corrected chi connectivity index (χ2v) is 5.88. The minimum atomic E-state index is -0.521. The summed E-state index contributed by atoms with van der Waals surface area (Å²) in [6.07, 6.45) is 1.47. The Hall–Kier alpha value is -3.65. The molecule has 1 N–H and O–H groups in total. The van der Waals surface area contributed by atoms with Crippen molar-refractivity contribution in [2.75, 3.05) is 0 Å². The molecule has 2 aromatic carbocycles. The van der Waals surface area contributed by atoms with E-state index in [2.05, 4.69) is 4.99 Å². The largest absolute Gasteiger partial charge is 0.494 e. The highest BCUT2D eigenvalue weighted by molar-refractivity contribution is 5.87. The van der Waals surface area contributed by atoms with E-state index in [1.165, 1.54) is 13.3 Å². The van der Waals surface area contributed by atoms with Gasteiger partial charge in [-0.1, -0.05) is 42.5 Å². The van der Waals surface area contributed by atoms with Gasteiger partial charge in [0.25, 0.3) is 5.56 Å². The predicted octanol–water partition coefficient (Wildman–Crippen LogP) is 3.69. The van der Waals surface area contributed by atoms with Crippen molar-refractivity contribution in [2.24, 2.45) is 12.0 Å². The molecule has 0 saturated heterocycles. The van der Waals surface area contributed by atoms with Crippen molar-refractivity contribution in [3.05, 3.63) is 81.6 Å². The fourth-order valence-electron chi connectivity index (χ4n) is 2.70. The van der Waals surface area contributed by atoms with Crippen LogP contribution in [0.4, 0.5) is 5.69 Å². The molecule has 0 unspecified atom stereocenters. The molecule has 5 nitrogen and oxygen atoms in total. The van der Waals surface area contributed by atoms with E-state index in [-0.39, 0.29) is 11.4 Å². The monoisotopic (exact) mass is 343 g/mol. The Morgan fingerprint density at radius 2 is 1.69 bits per heavy atom. The first-order chi connectivity index (χ1) is 12.5. The molecule has 5 heteroatoms. The second-order valence-electron chi connectivity index (χ2n) is 5.88. The average molecular weight is 343 g/mol. The summed E-state index contributed by atoms with van der Waals surface area (Å²) in [5.41, 5.74) is 3.16. The number of pyridine rings is 1. The van der Waals surface area contributed by atoms with Gasteiger partial charge in [-0.2, -0.15) is 5.26 Å². The first kappa shape index (κ1) is 17.2. The Kier molecular flexibility index (Phi) is 4.68. The number of hydrogen-bond donors (Lipinski definition) is 1. The number of nitrogens with zero attached hydrogens (tertiary/aromatic N) is 3. The zero-order valence-electron chi connectivity index (χ0n) is 14.5. The molecule has 0 atom stereocenters. The number of aromatic hydroxyl groups is 1. The third kappa shape index (κ3) is 3.13. The smallest absolute Gasteiger partial charge is 0.271 e. The van der Waals surface area contributed by atoms with E-state index in [9.17, 15) is 15.2 Å². The van der Waals surface area contributed by atoms with Crippen LogP contribution in [0.15, 0.2) is 64.4 Å². The van der Waals surface area contributed by atoms with E-state index >= 15 is 0 Å². The summed E-state index contributed by atoms with van der Waals surface area (Å²) < 4.78 is 1.05. The normalized spacial score (nSPS) is 10.8. The Balaban J connectivity index is 1.95. The maximum atomic E-state index is 12.0. The number of nitriles is 1. The Morgan fingerprint density at radius 1 is 1.08 bits per heavy atom. The highest BCUT2D eigenvalue weighted by atomic mass is 16.3. The van der Waals surface area contributed by atoms with Crippen LogP contribution in [0.25, 0.3) is 11.1 Å². The number of benzene rings is 2. The van der Waals surface area contributed by atoms with Crippen molar-refractivity contribution in [1.29, 1.82) is 5.26 Å². The number of aliphatic imine (C=N–C) groups is 1. The molecule has 3 rings (SSSR count). The molecule has 1 aromatic heterocycles. The Labute approximate surface area is 151 Å². The minimum Gasteiger partial charge on any atom is -0.494 e. The summed E-state index contributed by atoms with van der Waals surface area (Å²) in [5, 5.41) is 19.4. The zero-order valence-corrected chi connectivity index (χ0v) is 14.5. The predicted molar refractivity (Wildman–Crippen MR) is 102 cm³/mol. The van der Waals surface area contributed by atoms with Gasteiger partial charge in [0.1, 0.15) is 11.6 Å². The third-order valence-electron chi connectivity index (χ3n) is 4.29. The highest BCUT2D eigenvalue weighted by Gasteiger charge is 2.15. The molecule has 1 heterocycles. The fourth-order valence-corrected chi connectivity index (χ4v) is 2.70. The second kappa shape index (κ2) is 7.08. The molecule has 0 aliphatic heterocycles. The highest BCUT2D eigenvalue weighted by Crippen LogP contribution is 2.23. The van der Waals surface area contributed by atoms with E-state index in [0.29, 0.717) is 16.8 Å². The molecular weight excluding hydrogens is 326 g/mol. The molecule has 0 aliphatic rings. The van der Waals surface area contributed by atoms with Crippen LogP contribution in [0.1, 0.15) is 16.7 Å². The van der Waals surface area contributed by atoms with Gasteiger partial charge in [0.05, 0.1) is 11.3 Å². The van der Waals surface area contributed by atoms with Crippen molar-refractivity contribution >= 4 is 11.9 Å². The van der Waals surface area contributed by atoms with Crippen LogP contribution in [-0.4, -0.2) is 15.9 Å². The minimum absolute atomic E-state index is 0.00572. The van der Waals surface area contributed by atoms with E-state index < -0.39 is 5.56 Å². The van der Waals surface area contributed by atoms with Crippen LogP contribution < -0.4 is 5.56 Å². The molecule has 26 heavy (non-hydrogen) atoms. The van der Waals surface area contributed by atoms with Crippen LogP contribution in [0.2, 0.25) is 0 Å². The van der Waals surface area contributed by atoms with Crippen molar-refractivity contribution < 1.29 is 5.11 Å². The molecule has 0 amide bonds. The molecule has 0 saturated carbocycles. The molecule has 0 radical (unpaired) electrons. The third-order valence-corrected chi connectivity index (χ3v) is 4.29. The van der Waals surface area contributed by atoms with Gasteiger partial charge in [-0.3, -0.25) is 14.4 Å². The number of hydrogen-bond acceptors (Lipinski definition) is 4. The maximum absolute atomic E-state index is 12.0. The van der Waals surface area contributed by atoms with E-state index in [4.69, 9.17) is 0 Å². The van der Waals surface area contributed by atoms with Crippen LogP contribution in [-0.2, 0) is 7.05 Å². The van der Waals surface area contributed by atoms with Crippen molar-refractivity contribution in [3.8, 4) is 23.1 Å². The Morgan fingerprint density at radius 3 is 2.31 bits per heavy atom. The van der Waals surface area contributed by atoms with Gasteiger partial charge in [-0.25, -0.2) is 0 Å². The van der Waals surface area contributed by atoms with Gasteiger partial charge in [-0.05, 0) is 35.7 Å². The van der Waals surface area contributed by atoms with E-state index in [1.807, 2.05) is 60.7 Å². The molecule has 0 fully saturated rings. The molecule has 3 aromatic rings. The molecular formula is C21H17N3O2. The Bertz CT molecular complexity index is 1070. The van der Waals surface area contributed by atoms with Crippen LogP contribution in [0.5, 0.6) is 5.88 Å². The quantitative estimate of drug-likeness (QED) is 0.737. The summed E-state index contributed by atoms with van der Waals surface area (Å²) in [6.45, 7) is 1.62. The topological polar surface area (TPSA) is 78.4 Å². The molecule has 128 valence electrons. The van der Waals surface area contributed by atoms with Crippen molar-refractivity contribution in [1.82, 2.24) is 4.57 Å². The van der Waals surface area contributed by atoms with Crippen LogP contribution in [0.3, 0.4) is 0 Å². The van der Waals surface area contributed by atoms with Gasteiger partial charge in [0.15, 0.2) is 0 Å². The van der Waals surface area contributed by atoms with E-state index in [0.717, 1.165) is 15.7 Å². The lowest BCUT2D eigenvalue weighted by Crippen LogP contribution is -2.22. The van der Waals surface area contributed by atoms with E-state index in [1.54, 1.807) is 6.92 Å². The molecule has 0 aliphatic carbocycles. The summed E-state index contributed by atoms with van der Waals surface area (Å²) in [7, 11) is 1.42. The van der Waals surface area contributed by atoms with Crippen LogP contribution in [0, 0.1) is 18.3 Å². The van der Waals surface area contributed by atoms with Gasteiger partial charge >= 0.3 is 0 Å². The fraction of sp³-hybridized carbons (Fsp3) is 0.0952. The summed E-state index contributed by atoms with van der Waals surface area (Å²) >= 11 is 0. The standard InChI is InChI=1S/C21H17N3O2/c1-14-18(12-22)20(25)24(2)21(26)19(14)13-23-17-10-8-16(9-11-17)15-6-4-3-5-7-15/h3-11,13,26H,1-2H3. The lowest BCUT2D eigenvalue weighted by Gasteiger charge is -2.09. The molecule has 0 bridgehead atoms. The zero-order chi connectivity index (χ0) is 18.7. The first-order valence-electron chi connectivity index (χ1n) is 8.05. The first-order valence-corrected chi connectivity index (χ1v) is 8.05.